The van der Waals surface area contributed by atoms with E-state index >= 15 is 0 Å². The minimum Gasteiger partial charge on any atom is -0.394 e. The Labute approximate surface area is 119 Å². The van der Waals surface area contributed by atoms with Gasteiger partial charge in [0.2, 0.25) is 0 Å². The van der Waals surface area contributed by atoms with Gasteiger partial charge in [-0.1, -0.05) is 20.3 Å². The van der Waals surface area contributed by atoms with Gasteiger partial charge >= 0.3 is 0 Å². The molecule has 0 aromatic rings. The van der Waals surface area contributed by atoms with E-state index in [2.05, 4.69) is 45.0 Å². The Bertz CT molecular complexity index is 224. The predicted octanol–water partition coefficient (Wildman–Crippen LogP) is 1.87. The largest absolute Gasteiger partial charge is 0.394 e. The summed E-state index contributed by atoms with van der Waals surface area (Å²) in [6.07, 6.45) is 3.29. The molecule has 2 unspecified atom stereocenters. The molecule has 0 aliphatic carbocycles. The van der Waals surface area contributed by atoms with Gasteiger partial charge in [0.15, 0.2) is 0 Å². The van der Waals surface area contributed by atoms with E-state index in [0.717, 1.165) is 32.4 Å². The monoisotopic (exact) mass is 274 g/mol. The summed E-state index contributed by atoms with van der Waals surface area (Å²) in [6.45, 7) is 10.6. The third kappa shape index (κ3) is 8.58. The van der Waals surface area contributed by atoms with E-state index in [-0.39, 0.29) is 12.1 Å². The topological polar surface area (TPSA) is 44.7 Å². The Hall–Kier alpha value is -0.160. The third-order valence-corrected chi connectivity index (χ3v) is 3.64. The first-order valence-corrected chi connectivity index (χ1v) is 7.42. The fourth-order valence-corrected chi connectivity index (χ4v) is 2.36. The summed E-state index contributed by atoms with van der Waals surface area (Å²) in [4.78, 5) is 2.33. The van der Waals surface area contributed by atoms with Crippen LogP contribution >= 0.6 is 0 Å². The highest BCUT2D eigenvalue weighted by Crippen LogP contribution is 2.14. The lowest BCUT2D eigenvalue weighted by atomic mass is 9.94. The SMILES string of the molecule is COCC(C)N(C)CCCCC(C)(CO)NC(C)C. The molecule has 0 rings (SSSR count). The zero-order valence-electron chi connectivity index (χ0n) is 13.7. The number of nitrogens with zero attached hydrogens (tertiary/aromatic N) is 1. The van der Waals surface area contributed by atoms with Gasteiger partial charge in [-0.05, 0) is 40.3 Å². The van der Waals surface area contributed by atoms with Crippen molar-refractivity contribution in [3.63, 3.8) is 0 Å². The Morgan fingerprint density at radius 1 is 1.26 bits per heavy atom. The van der Waals surface area contributed by atoms with Crippen LogP contribution in [-0.2, 0) is 4.74 Å². The molecule has 0 aliphatic rings. The minimum absolute atomic E-state index is 0.148. The molecule has 0 radical (unpaired) electrons. The van der Waals surface area contributed by atoms with E-state index in [9.17, 15) is 5.11 Å². The van der Waals surface area contributed by atoms with Crippen molar-refractivity contribution in [2.75, 3.05) is 33.9 Å². The van der Waals surface area contributed by atoms with Gasteiger partial charge in [-0.3, -0.25) is 0 Å². The zero-order chi connectivity index (χ0) is 14.9. The van der Waals surface area contributed by atoms with Gasteiger partial charge in [-0.2, -0.15) is 0 Å². The Morgan fingerprint density at radius 2 is 1.89 bits per heavy atom. The molecular formula is C15H34N2O2. The van der Waals surface area contributed by atoms with E-state index in [1.54, 1.807) is 7.11 Å². The summed E-state index contributed by atoms with van der Waals surface area (Å²) in [6, 6.07) is 0.865. The van der Waals surface area contributed by atoms with E-state index in [0.29, 0.717) is 12.1 Å². The van der Waals surface area contributed by atoms with E-state index < -0.39 is 0 Å². The van der Waals surface area contributed by atoms with Crippen molar-refractivity contribution >= 4 is 0 Å². The van der Waals surface area contributed by atoms with Gasteiger partial charge in [0.25, 0.3) is 0 Å². The van der Waals surface area contributed by atoms with Crippen molar-refractivity contribution in [3.05, 3.63) is 0 Å². The molecule has 0 saturated carbocycles. The fourth-order valence-electron chi connectivity index (χ4n) is 2.36. The van der Waals surface area contributed by atoms with Crippen LogP contribution in [0.3, 0.4) is 0 Å². The maximum Gasteiger partial charge on any atom is 0.0615 e. The van der Waals surface area contributed by atoms with Crippen LogP contribution in [0.15, 0.2) is 0 Å². The van der Waals surface area contributed by atoms with Crippen molar-refractivity contribution in [2.45, 2.75) is 64.6 Å². The van der Waals surface area contributed by atoms with Crippen molar-refractivity contribution < 1.29 is 9.84 Å². The summed E-state index contributed by atoms with van der Waals surface area (Å²) in [5, 5.41) is 13.0. The first-order valence-electron chi connectivity index (χ1n) is 7.42. The standard InChI is InChI=1S/C15H34N2O2/c1-13(2)16-15(4,12-18)9-7-8-10-17(5)14(3)11-19-6/h13-14,16,18H,7-12H2,1-6H3. The van der Waals surface area contributed by atoms with Crippen LogP contribution in [0.25, 0.3) is 0 Å². The first kappa shape index (κ1) is 18.8. The van der Waals surface area contributed by atoms with Crippen LogP contribution in [-0.4, -0.2) is 61.5 Å². The molecule has 0 aliphatic heterocycles. The predicted molar refractivity (Wildman–Crippen MR) is 81.6 cm³/mol. The van der Waals surface area contributed by atoms with Crippen molar-refractivity contribution in [1.82, 2.24) is 10.2 Å². The number of likely N-dealkylation sites (N-methyl/N-ethyl adjacent to an activating group) is 1. The number of nitrogens with one attached hydrogen (secondary N) is 1. The summed E-state index contributed by atoms with van der Waals surface area (Å²) >= 11 is 0. The lowest BCUT2D eigenvalue weighted by Gasteiger charge is -2.31. The molecule has 0 fully saturated rings. The van der Waals surface area contributed by atoms with Gasteiger partial charge in [-0.15, -0.1) is 0 Å². The van der Waals surface area contributed by atoms with Gasteiger partial charge in [0.1, 0.15) is 0 Å². The Kier molecular flexibility index (Phi) is 9.62. The van der Waals surface area contributed by atoms with Crippen LogP contribution in [0.5, 0.6) is 0 Å². The van der Waals surface area contributed by atoms with Gasteiger partial charge in [-0.25, -0.2) is 0 Å². The Morgan fingerprint density at radius 3 is 2.37 bits per heavy atom. The highest BCUT2D eigenvalue weighted by atomic mass is 16.5. The van der Waals surface area contributed by atoms with Crippen LogP contribution in [0.4, 0.5) is 0 Å². The van der Waals surface area contributed by atoms with Crippen LogP contribution in [0, 0.1) is 0 Å². The highest BCUT2D eigenvalue weighted by molar-refractivity contribution is 4.83. The molecule has 2 N–H and O–H groups in total. The molecule has 4 nitrogen and oxygen atoms in total. The number of hydrogen-bond donors (Lipinski definition) is 2. The number of methoxy groups -OCH3 is 1. The number of aliphatic hydroxyl groups excluding tert-OH is 1. The number of ether oxygens (including phenoxy) is 1. The second-order valence-electron chi connectivity index (χ2n) is 6.26. The average Bonchev–Trinajstić information content (AvgIpc) is 2.33. The molecule has 0 aromatic carbocycles. The molecule has 4 heteroatoms. The smallest absolute Gasteiger partial charge is 0.0615 e. The van der Waals surface area contributed by atoms with Crippen LogP contribution in [0.1, 0.15) is 47.0 Å². The van der Waals surface area contributed by atoms with E-state index in [4.69, 9.17) is 4.74 Å². The molecule has 0 spiro atoms. The molecule has 0 aromatic heterocycles. The van der Waals surface area contributed by atoms with Crippen molar-refractivity contribution in [1.29, 1.82) is 0 Å². The number of aliphatic hydroxyl groups is 1. The molecule has 19 heavy (non-hydrogen) atoms. The molecule has 0 amide bonds. The zero-order valence-corrected chi connectivity index (χ0v) is 13.7. The molecule has 0 heterocycles. The summed E-state index contributed by atoms with van der Waals surface area (Å²) in [5.41, 5.74) is -0.148. The second-order valence-corrected chi connectivity index (χ2v) is 6.26. The number of unbranched alkanes of at least 4 members (excludes halogenated alkanes) is 1. The Balaban J connectivity index is 3.88. The van der Waals surface area contributed by atoms with Crippen LogP contribution < -0.4 is 5.32 Å². The lowest BCUT2D eigenvalue weighted by Crippen LogP contribution is -2.49. The molecule has 0 saturated heterocycles. The normalized spacial score (nSPS) is 16.9. The lowest BCUT2D eigenvalue weighted by molar-refractivity contribution is 0.112. The highest BCUT2D eigenvalue weighted by Gasteiger charge is 2.23. The summed E-state index contributed by atoms with van der Waals surface area (Å²) in [7, 11) is 3.88. The van der Waals surface area contributed by atoms with Gasteiger partial charge in [0.05, 0.1) is 13.2 Å². The first-order chi connectivity index (χ1) is 8.84. The molecule has 2 atom stereocenters. The van der Waals surface area contributed by atoms with E-state index in [1.165, 1.54) is 0 Å². The van der Waals surface area contributed by atoms with E-state index in [1.807, 2.05) is 0 Å². The maximum absolute atomic E-state index is 9.51. The molecule has 116 valence electrons. The number of rotatable bonds is 11. The molecule has 0 bridgehead atoms. The maximum atomic E-state index is 9.51. The minimum atomic E-state index is -0.148. The summed E-state index contributed by atoms with van der Waals surface area (Å²) < 4.78 is 5.16. The number of hydrogen-bond acceptors (Lipinski definition) is 4. The van der Waals surface area contributed by atoms with Gasteiger partial charge in [0, 0.05) is 24.7 Å². The second kappa shape index (κ2) is 9.70. The van der Waals surface area contributed by atoms with Crippen molar-refractivity contribution in [3.8, 4) is 0 Å². The molecular weight excluding hydrogens is 240 g/mol. The summed E-state index contributed by atoms with van der Waals surface area (Å²) in [5.74, 6) is 0. The van der Waals surface area contributed by atoms with Gasteiger partial charge < -0.3 is 20.1 Å². The average molecular weight is 274 g/mol. The third-order valence-electron chi connectivity index (χ3n) is 3.64. The fraction of sp³-hybridized carbons (Fsp3) is 1.00. The van der Waals surface area contributed by atoms with Crippen LogP contribution in [0.2, 0.25) is 0 Å². The quantitative estimate of drug-likeness (QED) is 0.565. The van der Waals surface area contributed by atoms with Crippen molar-refractivity contribution in [2.24, 2.45) is 0 Å².